The first-order valence-corrected chi connectivity index (χ1v) is 6.14. The van der Waals surface area contributed by atoms with Gasteiger partial charge in [0.2, 0.25) is 0 Å². The van der Waals surface area contributed by atoms with Gasteiger partial charge in [0, 0.05) is 12.3 Å². The second kappa shape index (κ2) is 6.42. The van der Waals surface area contributed by atoms with E-state index in [0.717, 1.165) is 12.3 Å². The molecule has 1 aliphatic heterocycles. The van der Waals surface area contributed by atoms with Crippen LogP contribution in [-0.2, 0) is 19.1 Å². The zero-order chi connectivity index (χ0) is 12.0. The minimum absolute atomic E-state index is 0.0220. The van der Waals surface area contributed by atoms with Crippen molar-refractivity contribution in [2.45, 2.75) is 13.8 Å². The quantitative estimate of drug-likeness (QED) is 0.340. The third kappa shape index (κ3) is 3.16. The number of carbonyl (C=O) groups excluding carboxylic acids is 2. The molecule has 0 aromatic heterocycles. The van der Waals surface area contributed by atoms with Crippen LogP contribution in [0.2, 0.25) is 0 Å². The summed E-state index contributed by atoms with van der Waals surface area (Å²) in [5.41, 5.74) is -0.0220. The van der Waals surface area contributed by atoms with E-state index < -0.39 is 11.9 Å². The molecule has 0 aromatic rings. The zero-order valence-electron chi connectivity index (χ0n) is 9.37. The Morgan fingerprint density at radius 3 is 2.19 bits per heavy atom. The predicted molar refractivity (Wildman–Crippen MR) is 60.8 cm³/mol. The van der Waals surface area contributed by atoms with Crippen LogP contribution in [0.15, 0.2) is 10.6 Å². The Kier molecular flexibility index (Phi) is 5.18. The molecule has 1 rings (SSSR count). The topological polar surface area (TPSA) is 64.6 Å². The van der Waals surface area contributed by atoms with E-state index in [4.69, 9.17) is 9.47 Å². The molecule has 5 nitrogen and oxygen atoms in total. The highest BCUT2D eigenvalue weighted by atomic mass is 32.2. The van der Waals surface area contributed by atoms with Gasteiger partial charge in [-0.1, -0.05) is 0 Å². The SMILES string of the molecule is CCOC(=O)C(C(=O)OCC)=C1NCCS1. The third-order valence-electron chi connectivity index (χ3n) is 1.82. The highest BCUT2D eigenvalue weighted by molar-refractivity contribution is 8.03. The normalized spacial score (nSPS) is 14.2. The lowest BCUT2D eigenvalue weighted by Gasteiger charge is -2.09. The minimum Gasteiger partial charge on any atom is -0.462 e. The van der Waals surface area contributed by atoms with Crippen LogP contribution >= 0.6 is 11.8 Å². The Bertz CT molecular complexity index is 286. The number of nitrogens with one attached hydrogen (secondary N) is 1. The molecule has 0 bridgehead atoms. The lowest BCUT2D eigenvalue weighted by atomic mass is 10.3. The molecule has 1 aliphatic rings. The molecule has 6 heteroatoms. The Hall–Kier alpha value is -1.17. The van der Waals surface area contributed by atoms with Crippen molar-refractivity contribution >= 4 is 23.7 Å². The summed E-state index contributed by atoms with van der Waals surface area (Å²) in [5.74, 6) is -0.423. The average Bonchev–Trinajstić information content (AvgIpc) is 2.72. The van der Waals surface area contributed by atoms with E-state index >= 15 is 0 Å². The second-order valence-electron chi connectivity index (χ2n) is 2.92. The van der Waals surface area contributed by atoms with Crippen LogP contribution in [0.1, 0.15) is 13.8 Å². The number of rotatable bonds is 4. The fourth-order valence-electron chi connectivity index (χ4n) is 1.20. The van der Waals surface area contributed by atoms with E-state index in [-0.39, 0.29) is 18.8 Å². The lowest BCUT2D eigenvalue weighted by Crippen LogP contribution is -2.22. The highest BCUT2D eigenvalue weighted by Gasteiger charge is 2.28. The molecular weight excluding hydrogens is 230 g/mol. The predicted octanol–water partition coefficient (Wildman–Crippen LogP) is 0.661. The molecule has 0 unspecified atom stereocenters. The molecule has 0 radical (unpaired) electrons. The van der Waals surface area contributed by atoms with Crippen molar-refractivity contribution in [1.82, 2.24) is 5.32 Å². The molecule has 0 amide bonds. The summed E-state index contributed by atoms with van der Waals surface area (Å²) in [6, 6.07) is 0. The highest BCUT2D eigenvalue weighted by Crippen LogP contribution is 2.23. The molecule has 1 heterocycles. The number of hydrogen-bond acceptors (Lipinski definition) is 6. The van der Waals surface area contributed by atoms with Crippen LogP contribution in [0, 0.1) is 0 Å². The fourth-order valence-corrected chi connectivity index (χ4v) is 2.13. The van der Waals surface area contributed by atoms with Crippen molar-refractivity contribution in [2.24, 2.45) is 0 Å². The van der Waals surface area contributed by atoms with E-state index in [9.17, 15) is 9.59 Å². The molecular formula is C10H15NO4S. The number of ether oxygens (including phenoxy) is 2. The van der Waals surface area contributed by atoms with Crippen molar-refractivity contribution < 1.29 is 19.1 Å². The first kappa shape index (κ1) is 12.9. The fraction of sp³-hybridized carbons (Fsp3) is 0.600. The molecule has 0 spiro atoms. The second-order valence-corrected chi connectivity index (χ2v) is 4.03. The Morgan fingerprint density at radius 1 is 1.25 bits per heavy atom. The van der Waals surface area contributed by atoms with Gasteiger partial charge in [-0.15, -0.1) is 11.8 Å². The van der Waals surface area contributed by atoms with Gasteiger partial charge in [0.1, 0.15) is 0 Å². The van der Waals surface area contributed by atoms with Crippen molar-refractivity contribution in [1.29, 1.82) is 0 Å². The van der Waals surface area contributed by atoms with Gasteiger partial charge in [0.05, 0.1) is 18.2 Å². The first-order chi connectivity index (χ1) is 7.70. The minimum atomic E-state index is -0.627. The van der Waals surface area contributed by atoms with Crippen molar-refractivity contribution in [3.05, 3.63) is 10.6 Å². The van der Waals surface area contributed by atoms with E-state index in [1.54, 1.807) is 13.8 Å². The van der Waals surface area contributed by atoms with E-state index in [1.807, 2.05) is 0 Å². The monoisotopic (exact) mass is 245 g/mol. The van der Waals surface area contributed by atoms with Crippen LogP contribution in [-0.4, -0.2) is 37.4 Å². The molecule has 1 N–H and O–H groups in total. The molecule has 1 fully saturated rings. The molecule has 0 aliphatic carbocycles. The lowest BCUT2D eigenvalue weighted by molar-refractivity contribution is -0.146. The molecule has 1 saturated heterocycles. The maximum atomic E-state index is 11.6. The van der Waals surface area contributed by atoms with Crippen LogP contribution in [0.5, 0.6) is 0 Å². The summed E-state index contributed by atoms with van der Waals surface area (Å²) < 4.78 is 9.67. The molecule has 0 atom stereocenters. The van der Waals surface area contributed by atoms with E-state index in [0.29, 0.717) is 5.03 Å². The molecule has 90 valence electrons. The molecule has 0 saturated carbocycles. The van der Waals surface area contributed by atoms with Crippen LogP contribution < -0.4 is 5.32 Å². The maximum absolute atomic E-state index is 11.6. The summed E-state index contributed by atoms with van der Waals surface area (Å²) >= 11 is 1.43. The van der Waals surface area contributed by atoms with E-state index in [2.05, 4.69) is 5.32 Å². The third-order valence-corrected chi connectivity index (χ3v) is 2.87. The van der Waals surface area contributed by atoms with Crippen molar-refractivity contribution in [2.75, 3.05) is 25.5 Å². The van der Waals surface area contributed by atoms with Crippen molar-refractivity contribution in [3.8, 4) is 0 Å². The summed E-state index contributed by atoms with van der Waals surface area (Å²) in [6.45, 7) is 4.60. The van der Waals surface area contributed by atoms with Crippen molar-refractivity contribution in [3.63, 3.8) is 0 Å². The summed E-state index contributed by atoms with van der Waals surface area (Å²) in [4.78, 5) is 23.2. The van der Waals surface area contributed by atoms with Gasteiger partial charge in [0.15, 0.2) is 5.57 Å². The number of hydrogen-bond donors (Lipinski definition) is 1. The summed E-state index contributed by atoms with van der Waals surface area (Å²) in [5, 5.41) is 3.53. The smallest absolute Gasteiger partial charge is 0.348 e. The van der Waals surface area contributed by atoms with Gasteiger partial charge in [-0.2, -0.15) is 0 Å². The number of carbonyl (C=O) groups is 2. The van der Waals surface area contributed by atoms with Crippen LogP contribution in [0.25, 0.3) is 0 Å². The van der Waals surface area contributed by atoms with E-state index in [1.165, 1.54) is 11.8 Å². The maximum Gasteiger partial charge on any atom is 0.348 e. The van der Waals surface area contributed by atoms with Gasteiger partial charge in [-0.05, 0) is 13.8 Å². The number of esters is 2. The van der Waals surface area contributed by atoms with Gasteiger partial charge >= 0.3 is 11.9 Å². The summed E-state index contributed by atoms with van der Waals surface area (Å²) in [6.07, 6.45) is 0. The van der Waals surface area contributed by atoms with Crippen LogP contribution in [0.3, 0.4) is 0 Å². The van der Waals surface area contributed by atoms with Gasteiger partial charge in [-0.3, -0.25) is 0 Å². The zero-order valence-corrected chi connectivity index (χ0v) is 10.2. The van der Waals surface area contributed by atoms with Gasteiger partial charge in [-0.25, -0.2) is 9.59 Å². The largest absolute Gasteiger partial charge is 0.462 e. The summed E-state index contributed by atoms with van der Waals surface area (Å²) in [7, 11) is 0. The van der Waals surface area contributed by atoms with Crippen LogP contribution in [0.4, 0.5) is 0 Å². The average molecular weight is 245 g/mol. The first-order valence-electron chi connectivity index (χ1n) is 5.15. The molecule has 0 aromatic carbocycles. The Labute approximate surface area is 98.6 Å². The molecule has 16 heavy (non-hydrogen) atoms. The number of thioether (sulfide) groups is 1. The van der Waals surface area contributed by atoms with Gasteiger partial charge < -0.3 is 14.8 Å². The standard InChI is InChI=1S/C10H15NO4S/c1-3-14-9(12)7(10(13)15-4-2)8-11-5-6-16-8/h11H,3-6H2,1-2H3. The Balaban J connectivity index is 2.88. The van der Waals surface area contributed by atoms with Gasteiger partial charge in [0.25, 0.3) is 0 Å². The Morgan fingerprint density at radius 2 is 1.81 bits per heavy atom.